The Bertz CT molecular complexity index is 347. The molecule has 0 atom stereocenters. The maximum absolute atomic E-state index is 13.3. The predicted molar refractivity (Wildman–Crippen MR) is 63.1 cm³/mol. The van der Waals surface area contributed by atoms with Crippen molar-refractivity contribution in [1.29, 1.82) is 0 Å². The summed E-state index contributed by atoms with van der Waals surface area (Å²) in [4.78, 5) is 0. The van der Waals surface area contributed by atoms with Crippen LogP contribution in [-0.4, -0.2) is 5.75 Å². The minimum Gasteiger partial charge on any atom is -0.398 e. The molecule has 1 aromatic carbocycles. The van der Waals surface area contributed by atoms with Gasteiger partial charge in [0.25, 0.3) is 0 Å². The van der Waals surface area contributed by atoms with Crippen molar-refractivity contribution in [2.75, 3.05) is 11.5 Å². The molecule has 0 saturated heterocycles. The zero-order valence-corrected chi connectivity index (χ0v) is 9.02. The molecular formula is C11H14FNS. The summed E-state index contributed by atoms with van der Waals surface area (Å²) in [5.41, 5.74) is 7.61. The standard InChI is InChI=1S/C11H14FNS/c1-8-6-10(12)9(7-11(8)13)4-2-3-5-14/h2,4,6-7,14H,3,5,13H2,1H3. The molecule has 0 aromatic heterocycles. The molecular weight excluding hydrogens is 197 g/mol. The zero-order chi connectivity index (χ0) is 10.6. The first-order valence-corrected chi connectivity index (χ1v) is 5.11. The molecule has 0 aliphatic heterocycles. The van der Waals surface area contributed by atoms with Gasteiger partial charge >= 0.3 is 0 Å². The van der Waals surface area contributed by atoms with Crippen LogP contribution in [-0.2, 0) is 0 Å². The van der Waals surface area contributed by atoms with Gasteiger partial charge in [0.05, 0.1) is 0 Å². The third-order valence-corrected chi connectivity index (χ3v) is 2.24. The molecule has 0 saturated carbocycles. The predicted octanol–water partition coefficient (Wildman–Crippen LogP) is 3.05. The molecule has 0 amide bonds. The van der Waals surface area contributed by atoms with Crippen LogP contribution in [0.25, 0.3) is 6.08 Å². The molecule has 0 heterocycles. The van der Waals surface area contributed by atoms with Crippen molar-refractivity contribution in [2.24, 2.45) is 0 Å². The first-order valence-electron chi connectivity index (χ1n) is 4.48. The molecule has 3 heteroatoms. The molecule has 1 rings (SSSR count). The molecule has 0 aliphatic rings. The van der Waals surface area contributed by atoms with Gasteiger partial charge in [-0.1, -0.05) is 12.2 Å². The van der Waals surface area contributed by atoms with Crippen LogP contribution in [0, 0.1) is 12.7 Å². The smallest absolute Gasteiger partial charge is 0.130 e. The first kappa shape index (κ1) is 11.1. The van der Waals surface area contributed by atoms with Crippen LogP contribution in [0.2, 0.25) is 0 Å². The van der Waals surface area contributed by atoms with Crippen LogP contribution in [0.4, 0.5) is 10.1 Å². The number of halogens is 1. The molecule has 0 bridgehead atoms. The summed E-state index contributed by atoms with van der Waals surface area (Å²) in [5.74, 6) is 0.534. The van der Waals surface area contributed by atoms with Gasteiger partial charge in [-0.3, -0.25) is 0 Å². The highest BCUT2D eigenvalue weighted by atomic mass is 32.1. The number of allylic oxidation sites excluding steroid dienone is 1. The Morgan fingerprint density at radius 3 is 2.86 bits per heavy atom. The van der Waals surface area contributed by atoms with E-state index in [2.05, 4.69) is 12.6 Å². The molecule has 1 aromatic rings. The summed E-state index contributed by atoms with van der Waals surface area (Å²) in [7, 11) is 0. The normalized spacial score (nSPS) is 11.1. The van der Waals surface area contributed by atoms with Gasteiger partial charge in [0, 0.05) is 11.3 Å². The monoisotopic (exact) mass is 211 g/mol. The third kappa shape index (κ3) is 2.77. The van der Waals surface area contributed by atoms with Gasteiger partial charge in [-0.05, 0) is 36.8 Å². The Hall–Kier alpha value is -0.960. The van der Waals surface area contributed by atoms with E-state index in [4.69, 9.17) is 5.73 Å². The summed E-state index contributed by atoms with van der Waals surface area (Å²) < 4.78 is 13.3. The Morgan fingerprint density at radius 1 is 1.50 bits per heavy atom. The number of nitrogens with two attached hydrogens (primary N) is 1. The topological polar surface area (TPSA) is 26.0 Å². The molecule has 14 heavy (non-hydrogen) atoms. The van der Waals surface area contributed by atoms with E-state index >= 15 is 0 Å². The number of aryl methyl sites for hydroxylation is 1. The Kier molecular flexibility index (Phi) is 4.01. The molecule has 1 nitrogen and oxygen atoms in total. The fourth-order valence-corrected chi connectivity index (χ4v) is 1.27. The van der Waals surface area contributed by atoms with E-state index in [9.17, 15) is 4.39 Å². The second kappa shape index (κ2) is 5.05. The highest BCUT2D eigenvalue weighted by molar-refractivity contribution is 7.80. The summed E-state index contributed by atoms with van der Waals surface area (Å²) in [6.45, 7) is 1.79. The molecule has 0 aliphatic carbocycles. The SMILES string of the molecule is Cc1cc(F)c(C=CCCS)cc1N. The van der Waals surface area contributed by atoms with Crippen LogP contribution in [0.5, 0.6) is 0 Å². The largest absolute Gasteiger partial charge is 0.398 e. The second-order valence-electron chi connectivity index (χ2n) is 3.14. The van der Waals surface area contributed by atoms with Crippen molar-refractivity contribution >= 4 is 24.4 Å². The van der Waals surface area contributed by atoms with Gasteiger partial charge < -0.3 is 5.73 Å². The van der Waals surface area contributed by atoms with Gasteiger partial charge in [-0.15, -0.1) is 0 Å². The van der Waals surface area contributed by atoms with E-state index in [0.29, 0.717) is 11.3 Å². The lowest BCUT2D eigenvalue weighted by molar-refractivity contribution is 0.624. The lowest BCUT2D eigenvalue weighted by Crippen LogP contribution is -1.93. The van der Waals surface area contributed by atoms with Crippen LogP contribution < -0.4 is 5.73 Å². The van der Waals surface area contributed by atoms with Gasteiger partial charge in [0.15, 0.2) is 0 Å². The lowest BCUT2D eigenvalue weighted by atomic mass is 10.1. The van der Waals surface area contributed by atoms with Gasteiger partial charge in [-0.25, -0.2) is 4.39 Å². The highest BCUT2D eigenvalue weighted by Crippen LogP contribution is 2.18. The van der Waals surface area contributed by atoms with Crippen molar-refractivity contribution in [2.45, 2.75) is 13.3 Å². The van der Waals surface area contributed by atoms with Crippen molar-refractivity contribution in [3.05, 3.63) is 35.2 Å². The highest BCUT2D eigenvalue weighted by Gasteiger charge is 2.01. The second-order valence-corrected chi connectivity index (χ2v) is 3.59. The summed E-state index contributed by atoms with van der Waals surface area (Å²) in [5, 5.41) is 0. The van der Waals surface area contributed by atoms with E-state index in [1.165, 1.54) is 6.07 Å². The zero-order valence-electron chi connectivity index (χ0n) is 8.13. The third-order valence-electron chi connectivity index (χ3n) is 1.98. The van der Waals surface area contributed by atoms with E-state index < -0.39 is 0 Å². The van der Waals surface area contributed by atoms with Crippen LogP contribution >= 0.6 is 12.6 Å². The Balaban J connectivity index is 2.92. The number of hydrogen-bond donors (Lipinski definition) is 2. The van der Waals surface area contributed by atoms with E-state index in [0.717, 1.165) is 17.7 Å². The summed E-state index contributed by atoms with van der Waals surface area (Å²) >= 11 is 4.06. The fraction of sp³-hybridized carbons (Fsp3) is 0.273. The van der Waals surface area contributed by atoms with Crippen LogP contribution in [0.15, 0.2) is 18.2 Å². The van der Waals surface area contributed by atoms with Gasteiger partial charge in [0.1, 0.15) is 5.82 Å². The van der Waals surface area contributed by atoms with Crippen LogP contribution in [0.3, 0.4) is 0 Å². The fourth-order valence-electron chi connectivity index (χ4n) is 1.12. The number of thiol groups is 1. The number of anilines is 1. The summed E-state index contributed by atoms with van der Waals surface area (Å²) in [6.07, 6.45) is 4.46. The lowest BCUT2D eigenvalue weighted by Gasteiger charge is -2.02. The van der Waals surface area contributed by atoms with Crippen LogP contribution in [0.1, 0.15) is 17.5 Å². The number of rotatable bonds is 3. The molecule has 0 unspecified atom stereocenters. The maximum Gasteiger partial charge on any atom is 0.130 e. The van der Waals surface area contributed by atoms with E-state index in [1.54, 1.807) is 19.1 Å². The number of hydrogen-bond acceptors (Lipinski definition) is 2. The minimum atomic E-state index is -0.230. The molecule has 0 spiro atoms. The van der Waals surface area contributed by atoms with E-state index in [1.807, 2.05) is 6.08 Å². The van der Waals surface area contributed by atoms with E-state index in [-0.39, 0.29) is 5.82 Å². The number of benzene rings is 1. The Morgan fingerprint density at radius 2 is 2.21 bits per heavy atom. The van der Waals surface area contributed by atoms with Gasteiger partial charge in [0.2, 0.25) is 0 Å². The number of nitrogen functional groups attached to an aromatic ring is 1. The average Bonchev–Trinajstić information content (AvgIpc) is 2.14. The van der Waals surface area contributed by atoms with Gasteiger partial charge in [-0.2, -0.15) is 12.6 Å². The first-order chi connectivity index (χ1) is 6.65. The van der Waals surface area contributed by atoms with Crippen molar-refractivity contribution in [3.63, 3.8) is 0 Å². The van der Waals surface area contributed by atoms with Crippen molar-refractivity contribution in [3.8, 4) is 0 Å². The minimum absolute atomic E-state index is 0.230. The summed E-state index contributed by atoms with van der Waals surface area (Å²) in [6, 6.07) is 3.11. The average molecular weight is 211 g/mol. The maximum atomic E-state index is 13.3. The van der Waals surface area contributed by atoms with Crippen molar-refractivity contribution in [1.82, 2.24) is 0 Å². The Labute approximate surface area is 89.2 Å². The van der Waals surface area contributed by atoms with Crippen molar-refractivity contribution < 1.29 is 4.39 Å². The molecule has 2 N–H and O–H groups in total. The molecule has 76 valence electrons. The molecule has 0 fully saturated rings. The molecule has 0 radical (unpaired) electrons. The quantitative estimate of drug-likeness (QED) is 0.583.